The van der Waals surface area contributed by atoms with E-state index < -0.39 is 0 Å². The number of nitrogens with one attached hydrogen (secondary N) is 2. The second-order valence-electron chi connectivity index (χ2n) is 8.55. The standard InChI is InChI=1S/C26H28FN5/c1-28-21-6-7-25(27)22(14-21)24-16-30-26-23(24)13-20(15-29-26)19-5-3-4-18(12-19)17-32-10-8-31(2)9-11-32/h3-7,12-16,28H,8-11,17H2,1-2H3,(H,29,30). The molecule has 2 N–H and O–H groups in total. The van der Waals surface area contributed by atoms with Crippen molar-refractivity contribution in [1.29, 1.82) is 0 Å². The van der Waals surface area contributed by atoms with Gasteiger partial charge in [0.05, 0.1) is 0 Å². The van der Waals surface area contributed by atoms with Crippen LogP contribution in [0.15, 0.2) is 60.9 Å². The normalized spacial score (nSPS) is 15.3. The molecule has 1 fully saturated rings. The molecule has 1 saturated heterocycles. The van der Waals surface area contributed by atoms with E-state index in [4.69, 9.17) is 0 Å². The van der Waals surface area contributed by atoms with E-state index in [2.05, 4.69) is 62.5 Å². The number of rotatable bonds is 5. The molecule has 1 aliphatic heterocycles. The number of aromatic amines is 1. The number of anilines is 1. The molecular weight excluding hydrogens is 401 g/mol. The van der Waals surface area contributed by atoms with Crippen molar-refractivity contribution < 1.29 is 4.39 Å². The first kappa shape index (κ1) is 20.7. The van der Waals surface area contributed by atoms with Crippen LogP contribution in [0.5, 0.6) is 0 Å². The van der Waals surface area contributed by atoms with Crippen LogP contribution in [-0.4, -0.2) is 60.0 Å². The number of aromatic nitrogens is 2. The molecule has 0 unspecified atom stereocenters. The highest BCUT2D eigenvalue weighted by molar-refractivity contribution is 5.96. The van der Waals surface area contributed by atoms with Crippen molar-refractivity contribution in [2.45, 2.75) is 6.54 Å². The first-order valence-corrected chi connectivity index (χ1v) is 11.1. The number of piperazine rings is 1. The van der Waals surface area contributed by atoms with Gasteiger partial charge in [0.25, 0.3) is 0 Å². The summed E-state index contributed by atoms with van der Waals surface area (Å²) in [5, 5.41) is 4.00. The minimum Gasteiger partial charge on any atom is -0.388 e. The molecule has 2 aromatic heterocycles. The molecule has 4 aromatic rings. The maximum Gasteiger partial charge on any atom is 0.137 e. The van der Waals surface area contributed by atoms with Crippen molar-refractivity contribution >= 4 is 16.7 Å². The van der Waals surface area contributed by atoms with Crippen LogP contribution in [0.1, 0.15) is 5.56 Å². The van der Waals surface area contributed by atoms with Gasteiger partial charge in [-0.05, 0) is 48.5 Å². The lowest BCUT2D eigenvalue weighted by molar-refractivity contribution is 0.148. The Labute approximate surface area is 187 Å². The average molecular weight is 430 g/mol. The molecule has 0 bridgehead atoms. The lowest BCUT2D eigenvalue weighted by Gasteiger charge is -2.32. The number of halogens is 1. The van der Waals surface area contributed by atoms with Gasteiger partial charge in [-0.1, -0.05) is 18.2 Å². The molecule has 2 aromatic carbocycles. The van der Waals surface area contributed by atoms with Gasteiger partial charge in [-0.3, -0.25) is 4.90 Å². The van der Waals surface area contributed by atoms with Gasteiger partial charge in [0.15, 0.2) is 0 Å². The van der Waals surface area contributed by atoms with Gasteiger partial charge >= 0.3 is 0 Å². The van der Waals surface area contributed by atoms with E-state index in [0.717, 1.165) is 66.1 Å². The molecule has 164 valence electrons. The van der Waals surface area contributed by atoms with E-state index in [1.807, 2.05) is 25.5 Å². The Hall–Kier alpha value is -3.22. The summed E-state index contributed by atoms with van der Waals surface area (Å²) >= 11 is 0. The van der Waals surface area contributed by atoms with Crippen LogP contribution in [0, 0.1) is 5.82 Å². The van der Waals surface area contributed by atoms with E-state index in [1.165, 1.54) is 11.6 Å². The molecule has 32 heavy (non-hydrogen) atoms. The molecule has 0 atom stereocenters. The van der Waals surface area contributed by atoms with Gasteiger partial charge in [-0.25, -0.2) is 9.37 Å². The summed E-state index contributed by atoms with van der Waals surface area (Å²) in [4.78, 5) is 12.7. The van der Waals surface area contributed by atoms with Crippen molar-refractivity contribution in [2.24, 2.45) is 0 Å². The van der Waals surface area contributed by atoms with Crippen LogP contribution in [0.4, 0.5) is 10.1 Å². The topological polar surface area (TPSA) is 47.2 Å². The molecule has 0 spiro atoms. The zero-order valence-electron chi connectivity index (χ0n) is 18.5. The Morgan fingerprint density at radius 2 is 1.84 bits per heavy atom. The van der Waals surface area contributed by atoms with Crippen LogP contribution in [0.2, 0.25) is 0 Å². The number of hydrogen-bond donors (Lipinski definition) is 2. The van der Waals surface area contributed by atoms with E-state index in [1.54, 1.807) is 6.07 Å². The molecule has 6 heteroatoms. The fourth-order valence-electron chi connectivity index (χ4n) is 4.38. The highest BCUT2D eigenvalue weighted by Gasteiger charge is 2.15. The molecule has 0 radical (unpaired) electrons. The van der Waals surface area contributed by atoms with Crippen molar-refractivity contribution in [3.05, 3.63) is 72.3 Å². The van der Waals surface area contributed by atoms with Crippen LogP contribution in [0.3, 0.4) is 0 Å². The Morgan fingerprint density at radius 1 is 1.00 bits per heavy atom. The average Bonchev–Trinajstić information content (AvgIpc) is 3.24. The highest BCUT2D eigenvalue weighted by Crippen LogP contribution is 2.34. The number of hydrogen-bond acceptors (Lipinski definition) is 4. The molecule has 1 aliphatic rings. The third-order valence-corrected chi connectivity index (χ3v) is 6.34. The maximum atomic E-state index is 14.7. The SMILES string of the molecule is CNc1ccc(F)c(-c2c[nH]c3ncc(-c4cccc(CN5CCN(C)CC5)c4)cc23)c1. The van der Waals surface area contributed by atoms with E-state index in [0.29, 0.717) is 5.56 Å². The minimum atomic E-state index is -0.246. The summed E-state index contributed by atoms with van der Waals surface area (Å²) in [5.74, 6) is -0.246. The van der Waals surface area contributed by atoms with E-state index in [9.17, 15) is 4.39 Å². The van der Waals surface area contributed by atoms with Gasteiger partial charge in [-0.2, -0.15) is 0 Å². The van der Waals surface area contributed by atoms with Crippen molar-refractivity contribution in [3.8, 4) is 22.3 Å². The summed E-state index contributed by atoms with van der Waals surface area (Å²) in [7, 11) is 4.01. The van der Waals surface area contributed by atoms with Crippen molar-refractivity contribution in [2.75, 3.05) is 45.6 Å². The maximum absolute atomic E-state index is 14.7. The zero-order valence-corrected chi connectivity index (χ0v) is 18.5. The van der Waals surface area contributed by atoms with Gasteiger partial charge in [-0.15, -0.1) is 0 Å². The summed E-state index contributed by atoms with van der Waals surface area (Å²) in [6.45, 7) is 5.37. The number of H-pyrrole nitrogens is 1. The number of likely N-dealkylation sites (N-methyl/N-ethyl adjacent to an activating group) is 1. The molecule has 3 heterocycles. The lowest BCUT2D eigenvalue weighted by atomic mass is 10.0. The fourth-order valence-corrected chi connectivity index (χ4v) is 4.38. The largest absolute Gasteiger partial charge is 0.388 e. The first-order valence-electron chi connectivity index (χ1n) is 11.1. The predicted octanol–water partition coefficient (Wildman–Crippen LogP) is 4.83. The van der Waals surface area contributed by atoms with Gasteiger partial charge in [0.1, 0.15) is 11.5 Å². The quantitative estimate of drug-likeness (QED) is 0.477. The second-order valence-corrected chi connectivity index (χ2v) is 8.55. The molecule has 0 amide bonds. The van der Waals surface area contributed by atoms with E-state index >= 15 is 0 Å². The Bertz CT molecular complexity index is 1240. The van der Waals surface area contributed by atoms with Crippen LogP contribution in [-0.2, 0) is 6.54 Å². The summed E-state index contributed by atoms with van der Waals surface area (Å²) < 4.78 is 14.7. The van der Waals surface area contributed by atoms with Gasteiger partial charge < -0.3 is 15.2 Å². The Kier molecular flexibility index (Phi) is 5.64. The zero-order chi connectivity index (χ0) is 22.1. The summed E-state index contributed by atoms with van der Waals surface area (Å²) in [5.41, 5.74) is 6.46. The fraction of sp³-hybridized carbons (Fsp3) is 0.269. The smallest absolute Gasteiger partial charge is 0.137 e. The summed E-state index contributed by atoms with van der Waals surface area (Å²) in [6, 6.07) is 15.8. The van der Waals surface area contributed by atoms with Crippen LogP contribution < -0.4 is 5.32 Å². The molecular formula is C26H28FN5. The highest BCUT2D eigenvalue weighted by atomic mass is 19.1. The lowest BCUT2D eigenvalue weighted by Crippen LogP contribution is -2.43. The number of pyridine rings is 1. The number of nitrogens with zero attached hydrogens (tertiary/aromatic N) is 3. The molecule has 5 nitrogen and oxygen atoms in total. The number of fused-ring (bicyclic) bond motifs is 1. The monoisotopic (exact) mass is 429 g/mol. The third kappa shape index (κ3) is 4.11. The first-order chi connectivity index (χ1) is 15.6. The second kappa shape index (κ2) is 8.73. The number of benzene rings is 2. The molecule has 0 aliphatic carbocycles. The van der Waals surface area contributed by atoms with Gasteiger partial charge in [0, 0.05) is 79.9 Å². The minimum absolute atomic E-state index is 0.246. The third-order valence-electron chi connectivity index (χ3n) is 6.34. The predicted molar refractivity (Wildman–Crippen MR) is 129 cm³/mol. The summed E-state index contributed by atoms with van der Waals surface area (Å²) in [6.07, 6.45) is 3.72. The Balaban J connectivity index is 1.47. The van der Waals surface area contributed by atoms with Crippen LogP contribution in [0.25, 0.3) is 33.3 Å². The van der Waals surface area contributed by atoms with Crippen molar-refractivity contribution in [3.63, 3.8) is 0 Å². The van der Waals surface area contributed by atoms with Crippen LogP contribution >= 0.6 is 0 Å². The van der Waals surface area contributed by atoms with Gasteiger partial charge in [0.2, 0.25) is 0 Å². The van der Waals surface area contributed by atoms with Crippen molar-refractivity contribution in [1.82, 2.24) is 19.8 Å². The molecule has 0 saturated carbocycles. The van der Waals surface area contributed by atoms with E-state index in [-0.39, 0.29) is 5.82 Å². The molecule has 5 rings (SSSR count). The Morgan fingerprint density at radius 3 is 2.66 bits per heavy atom.